The summed E-state index contributed by atoms with van der Waals surface area (Å²) in [6.07, 6.45) is 7.35. The highest BCUT2D eigenvalue weighted by Gasteiger charge is 2.24. The van der Waals surface area contributed by atoms with Gasteiger partial charge in [0.1, 0.15) is 0 Å². The molecule has 1 fully saturated rings. The Kier molecular flexibility index (Phi) is 5.65. The minimum Gasteiger partial charge on any atom is -0.338 e. The van der Waals surface area contributed by atoms with Crippen molar-refractivity contribution in [1.29, 1.82) is 0 Å². The summed E-state index contributed by atoms with van der Waals surface area (Å²) in [5.74, 6) is 0.606. The van der Waals surface area contributed by atoms with Crippen molar-refractivity contribution in [3.8, 4) is 0 Å². The molecule has 1 saturated heterocycles. The van der Waals surface area contributed by atoms with Gasteiger partial charge >= 0.3 is 6.03 Å². The molecular weight excluding hydrogens is 264 g/mol. The number of urea groups is 1. The van der Waals surface area contributed by atoms with E-state index in [4.69, 9.17) is 0 Å². The second-order valence-corrected chi connectivity index (χ2v) is 6.39. The van der Waals surface area contributed by atoms with Gasteiger partial charge in [-0.05, 0) is 51.0 Å². The summed E-state index contributed by atoms with van der Waals surface area (Å²) in [5.41, 5.74) is 2.36. The summed E-state index contributed by atoms with van der Waals surface area (Å²) in [6, 6.07) is 0.450. The highest BCUT2D eigenvalue weighted by molar-refractivity contribution is 5.74. The molecule has 1 aliphatic rings. The second-order valence-electron chi connectivity index (χ2n) is 6.39. The Morgan fingerprint density at radius 1 is 1.48 bits per heavy atom. The zero-order valence-electron chi connectivity index (χ0n) is 13.5. The predicted octanol–water partition coefficient (Wildman–Crippen LogP) is 2.87. The van der Waals surface area contributed by atoms with E-state index < -0.39 is 0 Å². The first-order chi connectivity index (χ1) is 10.1. The van der Waals surface area contributed by atoms with Crippen LogP contribution >= 0.6 is 0 Å². The molecule has 21 heavy (non-hydrogen) atoms. The SMILES string of the molecule is Cc1[nH]ncc1CCCNC(=O)N1C[C@@H](C)CCC[C@H]1C. The van der Waals surface area contributed by atoms with E-state index in [0.717, 1.165) is 38.0 Å². The minimum absolute atomic E-state index is 0.0974. The van der Waals surface area contributed by atoms with Crippen LogP contribution in [0.5, 0.6) is 0 Å². The van der Waals surface area contributed by atoms with E-state index in [1.807, 2.05) is 18.0 Å². The summed E-state index contributed by atoms with van der Waals surface area (Å²) in [4.78, 5) is 14.3. The molecule has 0 unspecified atom stereocenters. The van der Waals surface area contributed by atoms with Crippen molar-refractivity contribution < 1.29 is 4.79 Å². The van der Waals surface area contributed by atoms with Crippen LogP contribution in [0.1, 0.15) is 50.8 Å². The molecule has 5 heteroatoms. The third-order valence-electron chi connectivity index (χ3n) is 4.45. The molecule has 2 rings (SSSR count). The maximum Gasteiger partial charge on any atom is 0.317 e. The first-order valence-electron chi connectivity index (χ1n) is 8.11. The lowest BCUT2D eigenvalue weighted by molar-refractivity contribution is 0.173. The molecule has 1 aliphatic heterocycles. The van der Waals surface area contributed by atoms with Crippen LogP contribution in [-0.2, 0) is 6.42 Å². The Labute approximate surface area is 127 Å². The van der Waals surface area contributed by atoms with Crippen molar-refractivity contribution >= 4 is 6.03 Å². The number of carbonyl (C=O) groups is 1. The van der Waals surface area contributed by atoms with Gasteiger partial charge in [0.15, 0.2) is 0 Å². The van der Waals surface area contributed by atoms with Gasteiger partial charge in [0, 0.05) is 24.8 Å². The van der Waals surface area contributed by atoms with E-state index in [9.17, 15) is 4.79 Å². The Bertz CT molecular complexity index is 457. The third-order valence-corrected chi connectivity index (χ3v) is 4.45. The van der Waals surface area contributed by atoms with Gasteiger partial charge in [-0.3, -0.25) is 5.10 Å². The Morgan fingerprint density at radius 2 is 2.29 bits per heavy atom. The maximum absolute atomic E-state index is 12.3. The van der Waals surface area contributed by atoms with Crippen LogP contribution in [0, 0.1) is 12.8 Å². The van der Waals surface area contributed by atoms with E-state index in [-0.39, 0.29) is 6.03 Å². The molecule has 5 nitrogen and oxygen atoms in total. The first-order valence-corrected chi connectivity index (χ1v) is 8.11. The van der Waals surface area contributed by atoms with Crippen molar-refractivity contribution in [2.75, 3.05) is 13.1 Å². The molecule has 118 valence electrons. The standard InChI is InChI=1S/C16H28N4O/c1-12-6-4-7-13(2)20(11-12)16(21)17-9-5-8-15-10-18-19-14(15)3/h10,12-13H,4-9,11H2,1-3H3,(H,17,21)(H,18,19)/t12-,13+/m0/s1. The number of H-pyrrole nitrogens is 1. The van der Waals surface area contributed by atoms with Crippen molar-refractivity contribution in [3.63, 3.8) is 0 Å². The molecule has 2 atom stereocenters. The number of hydrogen-bond donors (Lipinski definition) is 2. The van der Waals surface area contributed by atoms with Gasteiger partial charge in [0.05, 0.1) is 6.20 Å². The molecule has 2 amide bonds. The third kappa shape index (κ3) is 4.48. The predicted molar refractivity (Wildman–Crippen MR) is 84.2 cm³/mol. The van der Waals surface area contributed by atoms with Crippen LogP contribution in [0.3, 0.4) is 0 Å². The number of nitrogens with one attached hydrogen (secondary N) is 2. The van der Waals surface area contributed by atoms with E-state index in [0.29, 0.717) is 12.0 Å². The average molecular weight is 292 g/mol. The normalized spacial score (nSPS) is 22.9. The van der Waals surface area contributed by atoms with Gasteiger partial charge in [0.2, 0.25) is 0 Å². The molecular formula is C16H28N4O. The van der Waals surface area contributed by atoms with Crippen LogP contribution in [-0.4, -0.2) is 40.3 Å². The number of aromatic nitrogens is 2. The molecule has 0 bridgehead atoms. The average Bonchev–Trinajstić information content (AvgIpc) is 2.77. The van der Waals surface area contributed by atoms with Crippen LogP contribution in [0.2, 0.25) is 0 Å². The fraction of sp³-hybridized carbons (Fsp3) is 0.750. The largest absolute Gasteiger partial charge is 0.338 e. The number of nitrogens with zero attached hydrogens (tertiary/aromatic N) is 2. The van der Waals surface area contributed by atoms with E-state index in [1.54, 1.807) is 0 Å². The van der Waals surface area contributed by atoms with Gasteiger partial charge in [-0.1, -0.05) is 13.3 Å². The highest BCUT2D eigenvalue weighted by atomic mass is 16.2. The molecule has 2 heterocycles. The molecule has 0 aliphatic carbocycles. The lowest BCUT2D eigenvalue weighted by Gasteiger charge is -2.28. The van der Waals surface area contributed by atoms with Gasteiger partial charge in [0.25, 0.3) is 0 Å². The molecule has 0 saturated carbocycles. The highest BCUT2D eigenvalue weighted by Crippen LogP contribution is 2.20. The summed E-state index contributed by atoms with van der Waals surface area (Å²) < 4.78 is 0. The zero-order valence-corrected chi connectivity index (χ0v) is 13.5. The number of likely N-dealkylation sites (tertiary alicyclic amines) is 1. The number of hydrogen-bond acceptors (Lipinski definition) is 2. The summed E-state index contributed by atoms with van der Waals surface area (Å²) in [5, 5.41) is 10.0. The number of aryl methyl sites for hydroxylation is 2. The minimum atomic E-state index is 0.0974. The lowest BCUT2D eigenvalue weighted by atomic mass is 10.1. The number of rotatable bonds is 4. The number of amides is 2. The Morgan fingerprint density at radius 3 is 3.00 bits per heavy atom. The molecule has 1 aromatic heterocycles. The van der Waals surface area contributed by atoms with Crippen molar-refractivity contribution in [2.45, 2.75) is 58.9 Å². The summed E-state index contributed by atoms with van der Waals surface area (Å²) >= 11 is 0. The fourth-order valence-corrected chi connectivity index (χ4v) is 3.01. The van der Waals surface area contributed by atoms with Crippen LogP contribution < -0.4 is 5.32 Å². The van der Waals surface area contributed by atoms with Gasteiger partial charge in [-0.2, -0.15) is 5.10 Å². The van der Waals surface area contributed by atoms with Crippen molar-refractivity contribution in [1.82, 2.24) is 20.4 Å². The lowest BCUT2D eigenvalue weighted by Crippen LogP contribution is -2.46. The quantitative estimate of drug-likeness (QED) is 0.838. The van der Waals surface area contributed by atoms with Crippen molar-refractivity contribution in [2.24, 2.45) is 5.92 Å². The molecule has 0 aromatic carbocycles. The fourth-order valence-electron chi connectivity index (χ4n) is 3.01. The first kappa shape index (κ1) is 15.9. The van der Waals surface area contributed by atoms with Gasteiger partial charge in [-0.25, -0.2) is 4.79 Å². The van der Waals surface area contributed by atoms with Crippen LogP contribution in [0.15, 0.2) is 6.20 Å². The molecule has 0 spiro atoms. The molecule has 0 radical (unpaired) electrons. The van der Waals surface area contributed by atoms with Crippen LogP contribution in [0.4, 0.5) is 4.79 Å². The van der Waals surface area contributed by atoms with Gasteiger partial charge in [-0.15, -0.1) is 0 Å². The summed E-state index contributed by atoms with van der Waals surface area (Å²) in [7, 11) is 0. The van der Waals surface area contributed by atoms with E-state index in [1.165, 1.54) is 18.4 Å². The van der Waals surface area contributed by atoms with E-state index >= 15 is 0 Å². The second kappa shape index (κ2) is 7.48. The maximum atomic E-state index is 12.3. The summed E-state index contributed by atoms with van der Waals surface area (Å²) in [6.45, 7) is 8.03. The smallest absolute Gasteiger partial charge is 0.317 e. The van der Waals surface area contributed by atoms with Gasteiger partial charge < -0.3 is 10.2 Å². The zero-order chi connectivity index (χ0) is 15.2. The molecule has 2 N–H and O–H groups in total. The Hall–Kier alpha value is -1.52. The molecule has 1 aromatic rings. The van der Waals surface area contributed by atoms with Crippen molar-refractivity contribution in [3.05, 3.63) is 17.5 Å². The number of carbonyl (C=O) groups excluding carboxylic acids is 1. The number of aromatic amines is 1. The topological polar surface area (TPSA) is 61.0 Å². The van der Waals surface area contributed by atoms with Crippen LogP contribution in [0.25, 0.3) is 0 Å². The monoisotopic (exact) mass is 292 g/mol. The Balaban J connectivity index is 1.74. The van der Waals surface area contributed by atoms with E-state index in [2.05, 4.69) is 29.4 Å².